The number of hydrogen-bond acceptors (Lipinski definition) is 2. The van der Waals surface area contributed by atoms with Gasteiger partial charge in [-0.15, -0.1) is 0 Å². The van der Waals surface area contributed by atoms with Crippen molar-refractivity contribution in [3.8, 4) is 0 Å². The Hall–Kier alpha value is -0.0800. The Morgan fingerprint density at radius 2 is 0.758 bits per heavy atom. The van der Waals surface area contributed by atoms with E-state index in [0.29, 0.717) is 6.10 Å². The van der Waals surface area contributed by atoms with E-state index < -0.39 is 0 Å². The summed E-state index contributed by atoms with van der Waals surface area (Å²) in [6.07, 6.45) is 37.4. The third-order valence-corrected chi connectivity index (χ3v) is 7.36. The van der Waals surface area contributed by atoms with Gasteiger partial charge in [0, 0.05) is 13.2 Å². The van der Waals surface area contributed by atoms with E-state index in [1.54, 1.807) is 0 Å². The van der Waals surface area contributed by atoms with E-state index in [4.69, 9.17) is 9.47 Å². The van der Waals surface area contributed by atoms with Gasteiger partial charge in [0.15, 0.2) is 0 Å². The van der Waals surface area contributed by atoms with Crippen LogP contribution in [0.25, 0.3) is 0 Å². The minimum atomic E-state index is 0.638. The zero-order valence-electron chi connectivity index (χ0n) is 22.9. The molecule has 1 aliphatic heterocycles. The molecule has 198 valence electrons. The Bertz CT molecular complexity index is 353. The third-order valence-electron chi connectivity index (χ3n) is 7.36. The Morgan fingerprint density at radius 1 is 0.455 bits per heavy atom. The van der Waals surface area contributed by atoms with Crippen LogP contribution in [-0.4, -0.2) is 25.9 Å². The van der Waals surface area contributed by atoms with Crippen molar-refractivity contribution in [1.82, 2.24) is 0 Å². The van der Waals surface area contributed by atoms with E-state index in [-0.39, 0.29) is 0 Å². The fourth-order valence-corrected chi connectivity index (χ4v) is 4.90. The molecule has 0 aromatic carbocycles. The van der Waals surface area contributed by atoms with Crippen molar-refractivity contribution in [2.75, 3.05) is 19.8 Å². The second-order valence-electron chi connectivity index (χ2n) is 10.8. The van der Waals surface area contributed by atoms with E-state index in [0.717, 1.165) is 19.8 Å². The molecule has 1 aliphatic rings. The van der Waals surface area contributed by atoms with Gasteiger partial charge in [-0.05, 0) is 19.3 Å². The zero-order valence-corrected chi connectivity index (χ0v) is 22.9. The molecule has 0 radical (unpaired) electrons. The largest absolute Gasteiger partial charge is 0.381 e. The van der Waals surface area contributed by atoms with Crippen LogP contribution in [0.5, 0.6) is 0 Å². The number of rotatable bonds is 29. The molecule has 1 rings (SSSR count). The standard InChI is InChI=1S/C31H62O2/c1-2-3-4-5-6-7-8-9-10-13-16-19-22-25-28-32-29-26-23-20-17-14-11-12-15-18-21-24-27-31-30-33-31/h31H,2-30H2,1H3. The van der Waals surface area contributed by atoms with Gasteiger partial charge in [0.25, 0.3) is 0 Å². The molecule has 2 nitrogen and oxygen atoms in total. The SMILES string of the molecule is CCCCCCCCCCCCCCCCOCCCCCCCCCCCCCC1CO1. The summed E-state index contributed by atoms with van der Waals surface area (Å²) in [5.74, 6) is 0. The molecular formula is C31H62O2. The van der Waals surface area contributed by atoms with Crippen LogP contribution in [0.15, 0.2) is 0 Å². The molecule has 1 atom stereocenters. The maximum Gasteiger partial charge on any atom is 0.0810 e. The smallest absolute Gasteiger partial charge is 0.0810 e. The molecule has 2 heteroatoms. The molecule has 0 aromatic heterocycles. The number of ether oxygens (including phenoxy) is 2. The Kier molecular flexibility index (Phi) is 24.9. The summed E-state index contributed by atoms with van der Waals surface area (Å²) in [7, 11) is 0. The molecule has 33 heavy (non-hydrogen) atoms. The quantitative estimate of drug-likeness (QED) is 0.0807. The fourth-order valence-electron chi connectivity index (χ4n) is 4.90. The van der Waals surface area contributed by atoms with Crippen LogP contribution in [0.3, 0.4) is 0 Å². The van der Waals surface area contributed by atoms with E-state index in [1.165, 1.54) is 167 Å². The Balaban J connectivity index is 1.58. The number of unbranched alkanes of at least 4 members (excludes halogenated alkanes) is 23. The van der Waals surface area contributed by atoms with Crippen LogP contribution in [0.1, 0.15) is 174 Å². The minimum Gasteiger partial charge on any atom is -0.381 e. The second kappa shape index (κ2) is 26.5. The number of hydrogen-bond donors (Lipinski definition) is 0. The first-order valence-electron chi connectivity index (χ1n) is 15.6. The molecule has 1 heterocycles. The summed E-state index contributed by atoms with van der Waals surface area (Å²) in [6.45, 7) is 5.31. The van der Waals surface area contributed by atoms with Crippen molar-refractivity contribution in [3.63, 3.8) is 0 Å². The fraction of sp³-hybridized carbons (Fsp3) is 1.00. The summed E-state index contributed by atoms with van der Waals surface area (Å²) in [4.78, 5) is 0. The van der Waals surface area contributed by atoms with Crippen LogP contribution in [0.4, 0.5) is 0 Å². The average Bonchev–Trinajstić information content (AvgIpc) is 3.65. The highest BCUT2D eigenvalue weighted by Gasteiger charge is 2.20. The normalized spacial score (nSPS) is 15.4. The highest BCUT2D eigenvalue weighted by molar-refractivity contribution is 4.68. The molecular weight excluding hydrogens is 404 g/mol. The molecule has 1 saturated heterocycles. The van der Waals surface area contributed by atoms with E-state index in [1.807, 2.05) is 0 Å². The van der Waals surface area contributed by atoms with Crippen LogP contribution in [0.2, 0.25) is 0 Å². The lowest BCUT2D eigenvalue weighted by atomic mass is 10.0. The Morgan fingerprint density at radius 3 is 1.09 bits per heavy atom. The first-order chi connectivity index (χ1) is 16.4. The summed E-state index contributed by atoms with van der Waals surface area (Å²) >= 11 is 0. The van der Waals surface area contributed by atoms with E-state index >= 15 is 0 Å². The van der Waals surface area contributed by atoms with Gasteiger partial charge in [-0.2, -0.15) is 0 Å². The molecule has 0 amide bonds. The second-order valence-corrected chi connectivity index (χ2v) is 10.8. The van der Waals surface area contributed by atoms with Crippen LogP contribution in [0, 0.1) is 0 Å². The van der Waals surface area contributed by atoms with E-state index in [2.05, 4.69) is 6.92 Å². The van der Waals surface area contributed by atoms with E-state index in [9.17, 15) is 0 Å². The van der Waals surface area contributed by atoms with Crippen LogP contribution < -0.4 is 0 Å². The summed E-state index contributed by atoms with van der Waals surface area (Å²) in [5.41, 5.74) is 0. The van der Waals surface area contributed by atoms with Crippen molar-refractivity contribution in [1.29, 1.82) is 0 Å². The number of epoxide rings is 1. The monoisotopic (exact) mass is 466 g/mol. The highest BCUT2D eigenvalue weighted by Crippen LogP contribution is 2.18. The van der Waals surface area contributed by atoms with Crippen molar-refractivity contribution >= 4 is 0 Å². The molecule has 0 aromatic rings. The lowest BCUT2D eigenvalue weighted by Crippen LogP contribution is -1.97. The van der Waals surface area contributed by atoms with Gasteiger partial charge in [-0.25, -0.2) is 0 Å². The molecule has 0 N–H and O–H groups in total. The summed E-state index contributed by atoms with van der Waals surface area (Å²) in [5, 5.41) is 0. The van der Waals surface area contributed by atoms with Gasteiger partial charge < -0.3 is 9.47 Å². The molecule has 1 fully saturated rings. The molecule has 0 bridgehead atoms. The minimum absolute atomic E-state index is 0.638. The van der Waals surface area contributed by atoms with Crippen molar-refractivity contribution in [2.24, 2.45) is 0 Å². The molecule has 0 aliphatic carbocycles. The van der Waals surface area contributed by atoms with Gasteiger partial charge in [-0.1, -0.05) is 155 Å². The lowest BCUT2D eigenvalue weighted by molar-refractivity contribution is 0.125. The molecule has 1 unspecified atom stereocenters. The predicted octanol–water partition coefficient (Wildman–Crippen LogP) is 10.6. The van der Waals surface area contributed by atoms with Crippen molar-refractivity contribution in [2.45, 2.75) is 180 Å². The third kappa shape index (κ3) is 26.4. The molecule has 0 spiro atoms. The zero-order chi connectivity index (χ0) is 23.5. The first-order valence-corrected chi connectivity index (χ1v) is 15.6. The summed E-state index contributed by atoms with van der Waals surface area (Å²) < 4.78 is 11.1. The average molecular weight is 467 g/mol. The van der Waals surface area contributed by atoms with Gasteiger partial charge in [0.2, 0.25) is 0 Å². The maximum absolute atomic E-state index is 5.84. The van der Waals surface area contributed by atoms with Gasteiger partial charge in [0.1, 0.15) is 0 Å². The maximum atomic E-state index is 5.84. The van der Waals surface area contributed by atoms with Crippen LogP contribution >= 0.6 is 0 Å². The highest BCUT2D eigenvalue weighted by atomic mass is 16.6. The lowest BCUT2D eigenvalue weighted by Gasteiger charge is -2.05. The van der Waals surface area contributed by atoms with Crippen molar-refractivity contribution < 1.29 is 9.47 Å². The first kappa shape index (κ1) is 31.0. The van der Waals surface area contributed by atoms with Gasteiger partial charge >= 0.3 is 0 Å². The Labute approximate surface area is 209 Å². The van der Waals surface area contributed by atoms with Crippen LogP contribution in [-0.2, 0) is 9.47 Å². The van der Waals surface area contributed by atoms with Gasteiger partial charge in [-0.3, -0.25) is 0 Å². The van der Waals surface area contributed by atoms with Gasteiger partial charge in [0.05, 0.1) is 12.7 Å². The topological polar surface area (TPSA) is 21.8 Å². The molecule has 0 saturated carbocycles. The van der Waals surface area contributed by atoms with Crippen molar-refractivity contribution in [3.05, 3.63) is 0 Å². The summed E-state index contributed by atoms with van der Waals surface area (Å²) in [6, 6.07) is 0. The predicted molar refractivity (Wildman–Crippen MR) is 146 cm³/mol.